The topological polar surface area (TPSA) is 50.7 Å². The van der Waals surface area contributed by atoms with Crippen molar-refractivity contribution in [2.24, 2.45) is 5.10 Å². The second-order valence-corrected chi connectivity index (χ2v) is 6.49. The summed E-state index contributed by atoms with van der Waals surface area (Å²) >= 11 is 17.9. The van der Waals surface area contributed by atoms with Gasteiger partial charge in [0.1, 0.15) is 5.75 Å². The molecule has 0 radical (unpaired) electrons. The SMILES string of the molecule is C/C(=N\NC(=O)CCCOc1ccc(Cl)cc1Cl)c1ccccc1Cl. The van der Waals surface area contributed by atoms with Gasteiger partial charge in [-0.1, -0.05) is 53.0 Å². The highest BCUT2D eigenvalue weighted by Gasteiger charge is 2.06. The molecule has 0 aliphatic carbocycles. The van der Waals surface area contributed by atoms with Crippen molar-refractivity contribution in [2.45, 2.75) is 19.8 Å². The number of carbonyl (C=O) groups is 1. The fourth-order valence-electron chi connectivity index (χ4n) is 2.02. The van der Waals surface area contributed by atoms with Crippen LogP contribution in [-0.2, 0) is 4.79 Å². The molecule has 0 fully saturated rings. The number of hydrogen-bond acceptors (Lipinski definition) is 3. The molecule has 0 spiro atoms. The summed E-state index contributed by atoms with van der Waals surface area (Å²) in [6.07, 6.45) is 0.815. The lowest BCUT2D eigenvalue weighted by molar-refractivity contribution is -0.121. The van der Waals surface area contributed by atoms with Gasteiger partial charge in [-0.05, 0) is 37.6 Å². The highest BCUT2D eigenvalue weighted by molar-refractivity contribution is 6.35. The highest BCUT2D eigenvalue weighted by Crippen LogP contribution is 2.27. The molecule has 132 valence electrons. The van der Waals surface area contributed by atoms with Gasteiger partial charge >= 0.3 is 0 Å². The number of carbonyl (C=O) groups excluding carboxylic acids is 1. The van der Waals surface area contributed by atoms with Gasteiger partial charge in [-0.25, -0.2) is 5.43 Å². The number of hydrogen-bond donors (Lipinski definition) is 1. The lowest BCUT2D eigenvalue weighted by Gasteiger charge is -2.08. The van der Waals surface area contributed by atoms with E-state index in [1.165, 1.54) is 0 Å². The van der Waals surface area contributed by atoms with Crippen molar-refractivity contribution < 1.29 is 9.53 Å². The maximum absolute atomic E-state index is 11.8. The first kappa shape index (κ1) is 19.6. The maximum Gasteiger partial charge on any atom is 0.240 e. The third kappa shape index (κ3) is 6.24. The van der Waals surface area contributed by atoms with Crippen LogP contribution >= 0.6 is 34.8 Å². The van der Waals surface area contributed by atoms with Crippen LogP contribution in [0.4, 0.5) is 0 Å². The molecule has 1 N–H and O–H groups in total. The number of nitrogens with one attached hydrogen (secondary N) is 1. The van der Waals surface area contributed by atoms with Crippen LogP contribution in [0, 0.1) is 0 Å². The zero-order chi connectivity index (χ0) is 18.2. The minimum atomic E-state index is -0.197. The van der Waals surface area contributed by atoms with Gasteiger partial charge in [0.25, 0.3) is 0 Å². The average Bonchev–Trinajstić information content (AvgIpc) is 2.58. The number of halogens is 3. The van der Waals surface area contributed by atoms with Crippen molar-refractivity contribution in [1.82, 2.24) is 5.43 Å². The molecular formula is C18H17Cl3N2O2. The summed E-state index contributed by atoms with van der Waals surface area (Å²) in [7, 11) is 0. The molecule has 1 amide bonds. The molecule has 2 rings (SSSR count). The van der Waals surface area contributed by atoms with Crippen molar-refractivity contribution in [3.63, 3.8) is 0 Å². The van der Waals surface area contributed by atoms with E-state index in [2.05, 4.69) is 10.5 Å². The number of amides is 1. The summed E-state index contributed by atoms with van der Waals surface area (Å²) in [4.78, 5) is 11.8. The Labute approximate surface area is 161 Å². The summed E-state index contributed by atoms with van der Waals surface area (Å²) in [5.74, 6) is 0.344. The molecule has 4 nitrogen and oxygen atoms in total. The van der Waals surface area contributed by atoms with E-state index in [-0.39, 0.29) is 12.3 Å². The number of nitrogens with zero attached hydrogens (tertiary/aromatic N) is 1. The highest BCUT2D eigenvalue weighted by atomic mass is 35.5. The summed E-state index contributed by atoms with van der Waals surface area (Å²) < 4.78 is 5.53. The Bertz CT molecular complexity index is 779. The number of ether oxygens (including phenoxy) is 1. The van der Waals surface area contributed by atoms with Crippen LogP contribution in [-0.4, -0.2) is 18.2 Å². The van der Waals surface area contributed by atoms with Crippen LogP contribution in [0.25, 0.3) is 0 Å². The largest absolute Gasteiger partial charge is 0.492 e. The molecule has 0 aromatic heterocycles. The van der Waals surface area contributed by atoms with E-state index in [1.807, 2.05) is 18.2 Å². The van der Waals surface area contributed by atoms with Gasteiger partial charge < -0.3 is 4.74 Å². The van der Waals surface area contributed by atoms with Crippen LogP contribution in [0.15, 0.2) is 47.6 Å². The molecule has 0 saturated heterocycles. The van der Waals surface area contributed by atoms with Crippen molar-refractivity contribution in [3.05, 3.63) is 63.1 Å². The molecule has 0 heterocycles. The van der Waals surface area contributed by atoms with Gasteiger partial charge in [-0.15, -0.1) is 0 Å². The molecule has 2 aromatic carbocycles. The maximum atomic E-state index is 11.8. The second-order valence-electron chi connectivity index (χ2n) is 5.24. The number of benzene rings is 2. The molecule has 0 unspecified atom stereocenters. The molecular weight excluding hydrogens is 383 g/mol. The van der Waals surface area contributed by atoms with E-state index in [0.717, 1.165) is 5.56 Å². The van der Waals surface area contributed by atoms with E-state index >= 15 is 0 Å². The third-order valence-corrected chi connectivity index (χ3v) is 4.17. The van der Waals surface area contributed by atoms with E-state index in [4.69, 9.17) is 39.5 Å². The summed E-state index contributed by atoms with van der Waals surface area (Å²) in [6.45, 7) is 2.15. The first-order chi connectivity index (χ1) is 12.0. The lowest BCUT2D eigenvalue weighted by atomic mass is 10.1. The van der Waals surface area contributed by atoms with E-state index < -0.39 is 0 Å². The predicted molar refractivity (Wildman–Crippen MR) is 103 cm³/mol. The summed E-state index contributed by atoms with van der Waals surface area (Å²) in [5.41, 5.74) is 3.94. The Morgan fingerprint density at radius 3 is 2.60 bits per heavy atom. The summed E-state index contributed by atoms with van der Waals surface area (Å²) in [6, 6.07) is 12.3. The second kappa shape index (κ2) is 9.66. The number of hydrazone groups is 1. The van der Waals surface area contributed by atoms with Crippen LogP contribution in [0.2, 0.25) is 15.1 Å². The zero-order valence-corrected chi connectivity index (χ0v) is 15.8. The van der Waals surface area contributed by atoms with Crippen molar-refractivity contribution >= 4 is 46.4 Å². The quantitative estimate of drug-likeness (QED) is 0.388. The molecule has 7 heteroatoms. The smallest absolute Gasteiger partial charge is 0.240 e. The van der Waals surface area contributed by atoms with Gasteiger partial charge in [0.2, 0.25) is 5.91 Å². The predicted octanol–water partition coefficient (Wildman–Crippen LogP) is 5.35. The van der Waals surface area contributed by atoms with E-state index in [0.29, 0.717) is 39.6 Å². The van der Waals surface area contributed by atoms with Crippen LogP contribution in [0.5, 0.6) is 5.75 Å². The normalized spacial score (nSPS) is 11.3. The molecule has 0 aliphatic rings. The van der Waals surface area contributed by atoms with Crippen molar-refractivity contribution in [3.8, 4) is 5.75 Å². The van der Waals surface area contributed by atoms with Gasteiger partial charge in [0, 0.05) is 22.0 Å². The monoisotopic (exact) mass is 398 g/mol. The van der Waals surface area contributed by atoms with Gasteiger partial charge in [0.15, 0.2) is 0 Å². The standard InChI is InChI=1S/C18H17Cl3N2O2/c1-12(14-5-2-3-6-15(14)20)22-23-18(24)7-4-10-25-17-9-8-13(19)11-16(17)21/h2-3,5-6,8-9,11H,4,7,10H2,1H3,(H,23,24)/b22-12+. The van der Waals surface area contributed by atoms with E-state index in [1.54, 1.807) is 31.2 Å². The molecule has 0 saturated carbocycles. The molecule has 25 heavy (non-hydrogen) atoms. The minimum absolute atomic E-state index is 0.197. The first-order valence-corrected chi connectivity index (χ1v) is 8.76. The van der Waals surface area contributed by atoms with Gasteiger partial charge in [-0.3, -0.25) is 4.79 Å². The lowest BCUT2D eigenvalue weighted by Crippen LogP contribution is -2.19. The third-order valence-electron chi connectivity index (χ3n) is 3.31. The van der Waals surface area contributed by atoms with Crippen molar-refractivity contribution in [2.75, 3.05) is 6.61 Å². The van der Waals surface area contributed by atoms with E-state index in [9.17, 15) is 4.79 Å². The Morgan fingerprint density at radius 2 is 1.88 bits per heavy atom. The zero-order valence-electron chi connectivity index (χ0n) is 13.6. The Balaban J connectivity index is 1.75. The fraction of sp³-hybridized carbons (Fsp3) is 0.222. The van der Waals surface area contributed by atoms with Gasteiger partial charge in [0.05, 0.1) is 17.3 Å². The van der Waals surface area contributed by atoms with Crippen LogP contribution in [0.3, 0.4) is 0 Å². The fourth-order valence-corrected chi connectivity index (χ4v) is 2.76. The molecule has 2 aromatic rings. The Kier molecular flexibility index (Phi) is 7.56. The van der Waals surface area contributed by atoms with Crippen LogP contribution < -0.4 is 10.2 Å². The molecule has 0 aliphatic heterocycles. The van der Waals surface area contributed by atoms with Crippen LogP contribution in [0.1, 0.15) is 25.3 Å². The summed E-state index contributed by atoms with van der Waals surface area (Å²) in [5, 5.41) is 5.65. The Hall–Kier alpha value is -1.75. The van der Waals surface area contributed by atoms with Gasteiger partial charge in [-0.2, -0.15) is 5.10 Å². The Morgan fingerprint density at radius 1 is 1.12 bits per heavy atom. The van der Waals surface area contributed by atoms with Crippen molar-refractivity contribution in [1.29, 1.82) is 0 Å². The average molecular weight is 400 g/mol. The minimum Gasteiger partial charge on any atom is -0.492 e. The first-order valence-electron chi connectivity index (χ1n) is 7.63. The molecule has 0 atom stereocenters. The molecule has 0 bridgehead atoms. The number of rotatable bonds is 7.